The fourth-order valence-electron chi connectivity index (χ4n) is 1.92. The lowest BCUT2D eigenvalue weighted by Gasteiger charge is -2.17. The Bertz CT molecular complexity index is 599. The van der Waals surface area contributed by atoms with E-state index in [2.05, 4.69) is 0 Å². The summed E-state index contributed by atoms with van der Waals surface area (Å²) in [6.45, 7) is 2.87. The van der Waals surface area contributed by atoms with Gasteiger partial charge in [-0.25, -0.2) is 13.6 Å². The van der Waals surface area contributed by atoms with Gasteiger partial charge in [-0.05, 0) is 30.2 Å². The Hall–Kier alpha value is -1.44. The molecule has 2 N–H and O–H groups in total. The van der Waals surface area contributed by atoms with Crippen LogP contribution in [0.3, 0.4) is 0 Å². The van der Waals surface area contributed by atoms with Crippen LogP contribution in [0.1, 0.15) is 35.7 Å². The summed E-state index contributed by atoms with van der Waals surface area (Å²) in [5.74, 6) is -0.230. The van der Waals surface area contributed by atoms with Crippen molar-refractivity contribution in [3.05, 3.63) is 29.3 Å². The molecule has 0 aliphatic heterocycles. The summed E-state index contributed by atoms with van der Waals surface area (Å²) >= 11 is 0. The Morgan fingerprint density at radius 1 is 1.33 bits per heavy atom. The fourth-order valence-corrected chi connectivity index (χ4v) is 2.52. The van der Waals surface area contributed by atoms with Gasteiger partial charge in [0, 0.05) is 26.3 Å². The minimum absolute atomic E-state index is 0.0794. The van der Waals surface area contributed by atoms with Crippen molar-refractivity contribution in [2.45, 2.75) is 31.3 Å². The van der Waals surface area contributed by atoms with E-state index in [0.29, 0.717) is 17.7 Å². The number of amides is 1. The highest BCUT2D eigenvalue weighted by atomic mass is 32.2. The van der Waals surface area contributed by atoms with Crippen molar-refractivity contribution in [2.75, 3.05) is 20.7 Å². The van der Waals surface area contributed by atoms with E-state index in [9.17, 15) is 13.2 Å². The van der Waals surface area contributed by atoms with Crippen molar-refractivity contribution in [3.63, 3.8) is 0 Å². The first-order valence-electron chi connectivity index (χ1n) is 6.70. The van der Waals surface area contributed by atoms with Crippen LogP contribution in [0.15, 0.2) is 23.1 Å². The molecule has 118 valence electrons. The third-order valence-electron chi connectivity index (χ3n) is 3.05. The smallest absolute Gasteiger partial charge is 0.253 e. The number of benzene rings is 1. The molecule has 0 radical (unpaired) electrons. The molecule has 0 bridgehead atoms. The Morgan fingerprint density at radius 2 is 2.00 bits per heavy atom. The summed E-state index contributed by atoms with van der Waals surface area (Å²) in [4.78, 5) is 13.8. The van der Waals surface area contributed by atoms with Crippen molar-refractivity contribution in [2.24, 2.45) is 5.14 Å². The second-order valence-electron chi connectivity index (χ2n) is 4.92. The number of carbonyl (C=O) groups excluding carboxylic acids is 1. The van der Waals surface area contributed by atoms with Crippen LogP contribution in [-0.4, -0.2) is 39.9 Å². The molecule has 0 saturated carbocycles. The van der Waals surface area contributed by atoms with Gasteiger partial charge in [0.05, 0.1) is 11.5 Å². The molecular formula is C14H22N2O4S. The molecule has 1 aromatic carbocycles. The van der Waals surface area contributed by atoms with E-state index in [0.717, 1.165) is 12.8 Å². The molecule has 21 heavy (non-hydrogen) atoms. The molecule has 0 spiro atoms. The molecule has 7 heteroatoms. The van der Waals surface area contributed by atoms with Crippen molar-refractivity contribution >= 4 is 15.9 Å². The molecule has 0 aliphatic carbocycles. The summed E-state index contributed by atoms with van der Waals surface area (Å²) < 4.78 is 28.0. The van der Waals surface area contributed by atoms with E-state index in [4.69, 9.17) is 9.88 Å². The molecule has 0 fully saturated rings. The SMILES string of the molecule is CCCCN(C)C(=O)c1cc(COC)cc(S(N)(=O)=O)c1. The van der Waals surface area contributed by atoms with E-state index in [1.807, 2.05) is 6.92 Å². The largest absolute Gasteiger partial charge is 0.380 e. The second kappa shape index (κ2) is 7.53. The van der Waals surface area contributed by atoms with Gasteiger partial charge in [0.25, 0.3) is 5.91 Å². The first-order valence-corrected chi connectivity index (χ1v) is 8.25. The lowest BCUT2D eigenvalue weighted by molar-refractivity contribution is 0.0792. The molecular weight excluding hydrogens is 292 g/mol. The fraction of sp³-hybridized carbons (Fsp3) is 0.500. The van der Waals surface area contributed by atoms with Crippen LogP contribution in [0.4, 0.5) is 0 Å². The van der Waals surface area contributed by atoms with E-state index in [-0.39, 0.29) is 17.4 Å². The predicted octanol–water partition coefficient (Wildman–Crippen LogP) is 1.35. The summed E-state index contributed by atoms with van der Waals surface area (Å²) in [7, 11) is -0.678. The summed E-state index contributed by atoms with van der Waals surface area (Å²) in [6.07, 6.45) is 1.87. The topological polar surface area (TPSA) is 89.7 Å². The maximum atomic E-state index is 12.3. The van der Waals surface area contributed by atoms with E-state index in [1.54, 1.807) is 18.0 Å². The zero-order chi connectivity index (χ0) is 16.0. The van der Waals surface area contributed by atoms with Crippen molar-refractivity contribution in [3.8, 4) is 0 Å². The van der Waals surface area contributed by atoms with Crippen molar-refractivity contribution < 1.29 is 17.9 Å². The summed E-state index contributed by atoms with van der Waals surface area (Å²) in [5, 5.41) is 5.15. The molecule has 0 aromatic heterocycles. The number of nitrogens with two attached hydrogens (primary N) is 1. The van der Waals surface area contributed by atoms with Gasteiger partial charge in [-0.3, -0.25) is 4.79 Å². The third kappa shape index (κ3) is 5.11. The minimum atomic E-state index is -3.87. The van der Waals surface area contributed by atoms with Gasteiger partial charge in [-0.2, -0.15) is 0 Å². The molecule has 1 aromatic rings. The average molecular weight is 314 g/mol. The predicted molar refractivity (Wildman–Crippen MR) is 80.4 cm³/mol. The van der Waals surface area contributed by atoms with Gasteiger partial charge in [-0.1, -0.05) is 13.3 Å². The van der Waals surface area contributed by atoms with Gasteiger partial charge in [0.1, 0.15) is 0 Å². The molecule has 0 heterocycles. The Labute approximate surface area is 125 Å². The van der Waals surface area contributed by atoms with Gasteiger partial charge < -0.3 is 9.64 Å². The lowest BCUT2D eigenvalue weighted by atomic mass is 10.1. The number of hydrogen-bond acceptors (Lipinski definition) is 4. The second-order valence-corrected chi connectivity index (χ2v) is 6.49. The quantitative estimate of drug-likeness (QED) is 0.822. The standard InChI is InChI=1S/C14H22N2O4S/c1-4-5-6-16(2)14(17)12-7-11(10-20-3)8-13(9-12)21(15,18)19/h7-9H,4-6,10H2,1-3H3,(H2,15,18,19). The average Bonchev–Trinajstić information content (AvgIpc) is 2.43. The van der Waals surface area contributed by atoms with E-state index in [1.165, 1.54) is 19.2 Å². The van der Waals surface area contributed by atoms with Gasteiger partial charge >= 0.3 is 0 Å². The highest BCUT2D eigenvalue weighted by Crippen LogP contribution is 2.16. The monoisotopic (exact) mass is 314 g/mol. The highest BCUT2D eigenvalue weighted by molar-refractivity contribution is 7.89. The number of carbonyl (C=O) groups is 1. The molecule has 0 atom stereocenters. The minimum Gasteiger partial charge on any atom is -0.380 e. The van der Waals surface area contributed by atoms with Crippen molar-refractivity contribution in [1.29, 1.82) is 0 Å². The van der Waals surface area contributed by atoms with Crippen LogP contribution in [0.5, 0.6) is 0 Å². The molecule has 1 amide bonds. The maximum Gasteiger partial charge on any atom is 0.253 e. The maximum absolute atomic E-state index is 12.3. The zero-order valence-corrected chi connectivity index (χ0v) is 13.4. The number of hydrogen-bond donors (Lipinski definition) is 1. The van der Waals surface area contributed by atoms with Crippen LogP contribution >= 0.6 is 0 Å². The number of rotatable bonds is 7. The zero-order valence-electron chi connectivity index (χ0n) is 12.6. The van der Waals surface area contributed by atoms with Crippen molar-refractivity contribution in [1.82, 2.24) is 4.90 Å². The number of unbranched alkanes of at least 4 members (excludes halogenated alkanes) is 1. The van der Waals surface area contributed by atoms with E-state index < -0.39 is 10.0 Å². The van der Waals surface area contributed by atoms with Crippen LogP contribution in [-0.2, 0) is 21.4 Å². The van der Waals surface area contributed by atoms with E-state index >= 15 is 0 Å². The molecule has 0 aliphatic rings. The van der Waals surface area contributed by atoms with Gasteiger partial charge in [0.2, 0.25) is 10.0 Å². The molecule has 6 nitrogen and oxygen atoms in total. The third-order valence-corrected chi connectivity index (χ3v) is 3.94. The summed E-state index contributed by atoms with van der Waals surface area (Å²) in [6, 6.07) is 4.35. The molecule has 0 saturated heterocycles. The lowest BCUT2D eigenvalue weighted by Crippen LogP contribution is -2.28. The Balaban J connectivity index is 3.16. The number of sulfonamides is 1. The van der Waals surface area contributed by atoms with Crippen LogP contribution in [0.2, 0.25) is 0 Å². The van der Waals surface area contributed by atoms with Gasteiger partial charge in [-0.15, -0.1) is 0 Å². The number of nitrogens with zero attached hydrogens (tertiary/aromatic N) is 1. The summed E-state index contributed by atoms with van der Waals surface area (Å²) in [5.41, 5.74) is 0.892. The number of ether oxygens (including phenoxy) is 1. The van der Waals surface area contributed by atoms with Crippen LogP contribution in [0.25, 0.3) is 0 Å². The Kier molecular flexibility index (Phi) is 6.32. The Morgan fingerprint density at radius 3 is 2.52 bits per heavy atom. The number of methoxy groups -OCH3 is 1. The molecule has 0 unspecified atom stereocenters. The van der Waals surface area contributed by atoms with Gasteiger partial charge in [0.15, 0.2) is 0 Å². The first kappa shape index (κ1) is 17.6. The van der Waals surface area contributed by atoms with Crippen LogP contribution < -0.4 is 5.14 Å². The highest BCUT2D eigenvalue weighted by Gasteiger charge is 2.17. The van der Waals surface area contributed by atoms with Crippen LogP contribution in [0, 0.1) is 0 Å². The normalized spacial score (nSPS) is 11.4. The first-order chi connectivity index (χ1) is 9.79. The number of primary sulfonamides is 1. The molecule has 1 rings (SSSR count).